The molecule has 4 rings (SSSR count). The zero-order chi connectivity index (χ0) is 30.7. The molecule has 1 fully saturated rings. The highest BCUT2D eigenvalue weighted by Crippen LogP contribution is 2.54. The zero-order valence-corrected chi connectivity index (χ0v) is 24.2. The Balaban J connectivity index is 1.81. The van der Waals surface area contributed by atoms with Crippen LogP contribution in [0.2, 0.25) is 0 Å². The van der Waals surface area contributed by atoms with Crippen molar-refractivity contribution in [3.8, 4) is 34.5 Å². The van der Waals surface area contributed by atoms with Gasteiger partial charge in [0.15, 0.2) is 29.3 Å². The molecule has 8 atom stereocenters. The van der Waals surface area contributed by atoms with E-state index in [1.165, 1.54) is 35.5 Å². The first-order valence-electron chi connectivity index (χ1n) is 13.5. The summed E-state index contributed by atoms with van der Waals surface area (Å²) < 4.78 is 39.2. The van der Waals surface area contributed by atoms with Crippen molar-refractivity contribution in [1.29, 1.82) is 0 Å². The fraction of sp³-hybridized carbons (Fsp3) is 0.586. The van der Waals surface area contributed by atoms with Gasteiger partial charge >= 0.3 is 0 Å². The van der Waals surface area contributed by atoms with E-state index in [0.717, 1.165) is 5.56 Å². The molecule has 1 aliphatic carbocycles. The highest BCUT2D eigenvalue weighted by atomic mass is 16.7. The van der Waals surface area contributed by atoms with E-state index in [9.17, 15) is 30.6 Å². The van der Waals surface area contributed by atoms with Gasteiger partial charge in [0, 0.05) is 18.1 Å². The predicted octanol–water partition coefficient (Wildman–Crippen LogP) is 0.164. The summed E-state index contributed by atoms with van der Waals surface area (Å²) >= 11 is 0. The Morgan fingerprint density at radius 1 is 0.762 bits per heavy atom. The molecule has 234 valence electrons. The van der Waals surface area contributed by atoms with E-state index >= 15 is 0 Å². The van der Waals surface area contributed by atoms with Crippen molar-refractivity contribution in [1.82, 2.24) is 0 Å². The molecule has 6 N–H and O–H groups in total. The summed E-state index contributed by atoms with van der Waals surface area (Å²) in [7, 11) is 7.34. The maximum atomic E-state index is 11.0. The average molecular weight is 597 g/mol. The van der Waals surface area contributed by atoms with Gasteiger partial charge in [0.05, 0.1) is 48.8 Å². The van der Waals surface area contributed by atoms with Gasteiger partial charge in [0.2, 0.25) is 11.5 Å². The molecule has 0 bridgehead atoms. The number of methoxy groups -OCH3 is 5. The molecule has 1 saturated heterocycles. The van der Waals surface area contributed by atoms with Crippen LogP contribution in [0.1, 0.15) is 22.6 Å². The smallest absolute Gasteiger partial charge is 0.203 e. The summed E-state index contributed by atoms with van der Waals surface area (Å²) in [5, 5.41) is 62.2. The first-order chi connectivity index (χ1) is 20.2. The molecule has 0 amide bonds. The minimum Gasteiger partial charge on any atom is -0.502 e. The van der Waals surface area contributed by atoms with Crippen LogP contribution in [0, 0.1) is 11.8 Å². The van der Waals surface area contributed by atoms with E-state index < -0.39 is 55.1 Å². The van der Waals surface area contributed by atoms with Crippen molar-refractivity contribution in [2.24, 2.45) is 11.8 Å². The SMILES string of the molecule is COc1cc2c(c(OC)c1O)[C@@H](c1cc(OC)c(OC)c(OC)c1)[C@H](CO)[C@@H](COC1O[C@H](CO)[C@@H](O)[C@H](O)[C@H]1O)C2. The number of aliphatic hydroxyl groups excluding tert-OH is 5. The maximum Gasteiger partial charge on any atom is 0.203 e. The number of benzene rings is 2. The average Bonchev–Trinajstić information content (AvgIpc) is 3.01. The molecule has 13 heteroatoms. The van der Waals surface area contributed by atoms with Gasteiger partial charge in [-0.05, 0) is 47.6 Å². The number of hydrogen-bond donors (Lipinski definition) is 6. The highest BCUT2D eigenvalue weighted by molar-refractivity contribution is 5.64. The third-order valence-corrected chi connectivity index (χ3v) is 8.18. The van der Waals surface area contributed by atoms with Crippen molar-refractivity contribution in [3.05, 3.63) is 34.9 Å². The van der Waals surface area contributed by atoms with Gasteiger partial charge < -0.3 is 63.8 Å². The van der Waals surface area contributed by atoms with Gasteiger partial charge in [-0.25, -0.2) is 0 Å². The van der Waals surface area contributed by atoms with Crippen LogP contribution in [-0.2, 0) is 15.9 Å². The number of phenols is 1. The van der Waals surface area contributed by atoms with E-state index in [1.807, 2.05) is 0 Å². The third kappa shape index (κ3) is 5.65. The summed E-state index contributed by atoms with van der Waals surface area (Å²) in [6, 6.07) is 5.23. The topological polar surface area (TPSA) is 186 Å². The van der Waals surface area contributed by atoms with Crippen molar-refractivity contribution < 1.29 is 63.8 Å². The Kier molecular flexibility index (Phi) is 10.3. The number of ether oxygens (including phenoxy) is 7. The van der Waals surface area contributed by atoms with Gasteiger partial charge in [-0.3, -0.25) is 0 Å². The van der Waals surface area contributed by atoms with Gasteiger partial charge in [0.25, 0.3) is 0 Å². The van der Waals surface area contributed by atoms with Crippen LogP contribution in [0.3, 0.4) is 0 Å². The molecule has 1 unspecified atom stereocenters. The molecule has 1 heterocycles. The molecule has 2 aliphatic rings. The van der Waals surface area contributed by atoms with E-state index in [4.69, 9.17) is 33.2 Å². The summed E-state index contributed by atoms with van der Waals surface area (Å²) in [5.74, 6) is -0.133. The Bertz CT molecular complexity index is 1190. The molecule has 0 spiro atoms. The van der Waals surface area contributed by atoms with Crippen LogP contribution in [0.5, 0.6) is 34.5 Å². The lowest BCUT2D eigenvalue weighted by Gasteiger charge is -2.43. The van der Waals surface area contributed by atoms with Gasteiger partial charge in [-0.2, -0.15) is 0 Å². The molecular weight excluding hydrogens is 556 g/mol. The van der Waals surface area contributed by atoms with Gasteiger partial charge in [-0.15, -0.1) is 0 Å². The molecular formula is C29H40O13. The van der Waals surface area contributed by atoms with E-state index in [2.05, 4.69) is 0 Å². The van der Waals surface area contributed by atoms with Crippen molar-refractivity contribution in [2.45, 2.75) is 43.0 Å². The minimum atomic E-state index is -1.59. The quantitative estimate of drug-likeness (QED) is 0.206. The second-order valence-corrected chi connectivity index (χ2v) is 10.3. The van der Waals surface area contributed by atoms with Crippen molar-refractivity contribution in [3.63, 3.8) is 0 Å². The van der Waals surface area contributed by atoms with Crippen LogP contribution in [0.15, 0.2) is 18.2 Å². The van der Waals surface area contributed by atoms with E-state index in [1.54, 1.807) is 18.2 Å². The van der Waals surface area contributed by atoms with Crippen LogP contribution in [0.4, 0.5) is 0 Å². The molecule has 1 aliphatic heterocycles. The van der Waals surface area contributed by atoms with Crippen LogP contribution in [-0.4, -0.2) is 117 Å². The summed E-state index contributed by atoms with van der Waals surface area (Å²) in [5.41, 5.74) is 2.06. The predicted molar refractivity (Wildman–Crippen MR) is 147 cm³/mol. The lowest BCUT2D eigenvalue weighted by molar-refractivity contribution is -0.304. The van der Waals surface area contributed by atoms with Crippen LogP contribution < -0.4 is 23.7 Å². The first-order valence-corrected chi connectivity index (χ1v) is 13.5. The maximum absolute atomic E-state index is 11.0. The van der Waals surface area contributed by atoms with Crippen molar-refractivity contribution >= 4 is 0 Å². The second-order valence-electron chi connectivity index (χ2n) is 10.3. The Morgan fingerprint density at radius 3 is 1.90 bits per heavy atom. The Hall–Kier alpha value is -3.04. The van der Waals surface area contributed by atoms with Gasteiger partial charge in [-0.1, -0.05) is 0 Å². The summed E-state index contributed by atoms with van der Waals surface area (Å²) in [6.07, 6.45) is -6.80. The molecule has 13 nitrogen and oxygen atoms in total. The summed E-state index contributed by atoms with van der Waals surface area (Å²) in [4.78, 5) is 0. The zero-order valence-electron chi connectivity index (χ0n) is 24.2. The number of fused-ring (bicyclic) bond motifs is 1. The van der Waals surface area contributed by atoms with Gasteiger partial charge in [0.1, 0.15) is 24.4 Å². The molecule has 0 radical (unpaired) electrons. The van der Waals surface area contributed by atoms with Crippen LogP contribution in [0.25, 0.3) is 0 Å². The normalized spacial score (nSPS) is 29.0. The largest absolute Gasteiger partial charge is 0.502 e. The lowest BCUT2D eigenvalue weighted by atomic mass is 9.66. The Morgan fingerprint density at radius 2 is 1.38 bits per heavy atom. The molecule has 0 aromatic heterocycles. The number of aliphatic hydroxyl groups is 5. The Labute approximate surface area is 243 Å². The molecule has 42 heavy (non-hydrogen) atoms. The fourth-order valence-electron chi connectivity index (χ4n) is 6.04. The third-order valence-electron chi connectivity index (χ3n) is 8.18. The lowest BCUT2D eigenvalue weighted by Crippen LogP contribution is -2.59. The van der Waals surface area contributed by atoms with E-state index in [0.29, 0.717) is 34.8 Å². The number of rotatable bonds is 11. The molecule has 0 saturated carbocycles. The monoisotopic (exact) mass is 596 g/mol. The second kappa shape index (κ2) is 13.5. The number of phenolic OH excluding ortho intramolecular Hbond substituents is 1. The standard InChI is InChI=1S/C29H40O13/c1-36-17-7-13-6-15(12-41-29-26(35)25(34)23(32)20(11-31)42-29)16(10-30)21(22(13)28(40-5)24(17)33)14-8-18(37-2)27(39-4)19(9-14)38-3/h7-9,15-16,20-21,23,25-26,29-35H,6,10-12H2,1-5H3/t15-,16-,20-,21+,23-,25+,26-,29?/m1/s1. The number of hydrogen-bond acceptors (Lipinski definition) is 13. The summed E-state index contributed by atoms with van der Waals surface area (Å²) in [6.45, 7) is -0.938. The van der Waals surface area contributed by atoms with Crippen LogP contribution >= 0.6 is 0 Å². The minimum absolute atomic E-state index is 0.0419. The molecule has 2 aromatic rings. The first kappa shape index (κ1) is 31.9. The highest BCUT2D eigenvalue weighted by Gasteiger charge is 2.46. The fourth-order valence-corrected chi connectivity index (χ4v) is 6.04. The molecule has 2 aromatic carbocycles. The van der Waals surface area contributed by atoms with E-state index in [-0.39, 0.29) is 30.5 Å². The number of aromatic hydroxyl groups is 1. The van der Waals surface area contributed by atoms with Crippen molar-refractivity contribution in [2.75, 3.05) is 55.4 Å².